The van der Waals surface area contributed by atoms with Crippen molar-refractivity contribution >= 4 is 0 Å². The maximum Gasteiger partial charge on any atom is 0.401 e. The van der Waals surface area contributed by atoms with E-state index in [2.05, 4.69) is 10.3 Å². The zero-order chi connectivity index (χ0) is 12.9. The summed E-state index contributed by atoms with van der Waals surface area (Å²) in [6.07, 6.45) is -0.586. The first-order valence-electron chi connectivity index (χ1n) is 5.17. The van der Waals surface area contributed by atoms with Gasteiger partial charge in [-0.3, -0.25) is 5.32 Å². The average molecular weight is 246 g/mol. The van der Waals surface area contributed by atoms with Crippen molar-refractivity contribution < 1.29 is 13.2 Å². The number of imidazole rings is 1. The molecule has 0 spiro atoms. The Labute approximate surface area is 97.1 Å². The SMILES string of the molecule is CCCn1cncc1C(C#N)NCC(F)(F)F. The molecule has 0 saturated heterocycles. The first-order chi connectivity index (χ1) is 7.98. The summed E-state index contributed by atoms with van der Waals surface area (Å²) in [5.74, 6) is 0. The van der Waals surface area contributed by atoms with Crippen LogP contribution < -0.4 is 5.32 Å². The van der Waals surface area contributed by atoms with Crippen LogP contribution in [0.4, 0.5) is 13.2 Å². The zero-order valence-corrected chi connectivity index (χ0v) is 9.33. The number of aryl methyl sites for hydroxylation is 1. The minimum atomic E-state index is -4.33. The number of hydrogen-bond donors (Lipinski definition) is 1. The van der Waals surface area contributed by atoms with Gasteiger partial charge < -0.3 is 4.57 Å². The van der Waals surface area contributed by atoms with Gasteiger partial charge in [-0.2, -0.15) is 18.4 Å². The second-order valence-corrected chi connectivity index (χ2v) is 3.57. The van der Waals surface area contributed by atoms with Gasteiger partial charge in [-0.05, 0) is 6.42 Å². The Morgan fingerprint density at radius 2 is 2.29 bits per heavy atom. The summed E-state index contributed by atoms with van der Waals surface area (Å²) >= 11 is 0. The number of halogens is 3. The molecule has 4 nitrogen and oxygen atoms in total. The van der Waals surface area contributed by atoms with Gasteiger partial charge in [-0.25, -0.2) is 4.98 Å². The monoisotopic (exact) mass is 246 g/mol. The lowest BCUT2D eigenvalue weighted by atomic mass is 10.2. The average Bonchev–Trinajstić information content (AvgIpc) is 2.66. The van der Waals surface area contributed by atoms with Crippen molar-refractivity contribution in [2.45, 2.75) is 32.1 Å². The van der Waals surface area contributed by atoms with Crippen LogP contribution in [0, 0.1) is 11.3 Å². The standard InChI is InChI=1S/C10H13F3N4/c1-2-3-17-7-15-5-9(17)8(4-14)16-6-10(11,12)13/h5,7-8,16H,2-3,6H2,1H3. The Hall–Kier alpha value is -1.55. The molecule has 94 valence electrons. The summed E-state index contributed by atoms with van der Waals surface area (Å²) in [6, 6.07) is 0.809. The predicted molar refractivity (Wildman–Crippen MR) is 54.9 cm³/mol. The second-order valence-electron chi connectivity index (χ2n) is 3.57. The van der Waals surface area contributed by atoms with Gasteiger partial charge in [0, 0.05) is 6.54 Å². The summed E-state index contributed by atoms with van der Waals surface area (Å²) in [6.45, 7) is 1.37. The molecule has 1 N–H and O–H groups in total. The van der Waals surface area contributed by atoms with Crippen LogP contribution in [0.1, 0.15) is 25.1 Å². The quantitative estimate of drug-likeness (QED) is 0.864. The van der Waals surface area contributed by atoms with Gasteiger partial charge in [0.25, 0.3) is 0 Å². The molecule has 1 aromatic heterocycles. The highest BCUT2D eigenvalue weighted by Gasteiger charge is 2.29. The molecule has 7 heteroatoms. The molecule has 0 fully saturated rings. The van der Waals surface area contributed by atoms with E-state index in [1.54, 1.807) is 10.6 Å². The van der Waals surface area contributed by atoms with E-state index < -0.39 is 18.8 Å². The molecule has 0 bridgehead atoms. The van der Waals surface area contributed by atoms with Gasteiger partial charge in [0.15, 0.2) is 0 Å². The van der Waals surface area contributed by atoms with E-state index in [0.29, 0.717) is 12.2 Å². The number of hydrogen-bond acceptors (Lipinski definition) is 3. The van der Waals surface area contributed by atoms with E-state index in [1.165, 1.54) is 12.5 Å². The first-order valence-corrected chi connectivity index (χ1v) is 5.17. The van der Waals surface area contributed by atoms with Crippen LogP contribution in [-0.2, 0) is 6.54 Å². The van der Waals surface area contributed by atoms with Gasteiger partial charge in [-0.15, -0.1) is 0 Å². The zero-order valence-electron chi connectivity index (χ0n) is 9.33. The third kappa shape index (κ3) is 4.07. The Bertz CT molecular complexity index is 391. The van der Waals surface area contributed by atoms with Crippen LogP contribution in [0.25, 0.3) is 0 Å². The van der Waals surface area contributed by atoms with Crippen LogP contribution in [0.15, 0.2) is 12.5 Å². The third-order valence-electron chi connectivity index (χ3n) is 2.14. The molecule has 0 radical (unpaired) electrons. The normalized spacial score (nSPS) is 13.4. The maximum absolute atomic E-state index is 12.0. The Balaban J connectivity index is 2.73. The fourth-order valence-electron chi connectivity index (χ4n) is 1.43. The van der Waals surface area contributed by atoms with Gasteiger partial charge >= 0.3 is 6.18 Å². The Kier molecular flexibility index (Phi) is 4.52. The molecule has 0 aliphatic carbocycles. The topological polar surface area (TPSA) is 53.6 Å². The van der Waals surface area contributed by atoms with Crippen molar-refractivity contribution in [2.75, 3.05) is 6.54 Å². The van der Waals surface area contributed by atoms with Crippen LogP contribution in [0.3, 0.4) is 0 Å². The smallest absolute Gasteiger partial charge is 0.332 e. The Morgan fingerprint density at radius 3 is 2.82 bits per heavy atom. The van der Waals surface area contributed by atoms with Crippen molar-refractivity contribution in [2.24, 2.45) is 0 Å². The molecule has 0 aliphatic heterocycles. The molecule has 1 rings (SSSR count). The summed E-state index contributed by atoms with van der Waals surface area (Å²) in [4.78, 5) is 3.84. The lowest BCUT2D eigenvalue weighted by Crippen LogP contribution is -2.32. The minimum Gasteiger partial charge on any atom is -0.332 e. The van der Waals surface area contributed by atoms with Gasteiger partial charge in [0.05, 0.1) is 30.8 Å². The van der Waals surface area contributed by atoms with E-state index in [9.17, 15) is 13.2 Å². The van der Waals surface area contributed by atoms with Gasteiger partial charge in [0.1, 0.15) is 6.04 Å². The molecule has 0 aliphatic rings. The van der Waals surface area contributed by atoms with Crippen LogP contribution >= 0.6 is 0 Å². The highest BCUT2D eigenvalue weighted by molar-refractivity contribution is 5.13. The summed E-state index contributed by atoms with van der Waals surface area (Å²) in [5, 5.41) is 11.0. The molecular formula is C10H13F3N4. The van der Waals surface area contributed by atoms with Crippen molar-refractivity contribution in [3.05, 3.63) is 18.2 Å². The number of nitrogens with zero attached hydrogens (tertiary/aromatic N) is 3. The van der Waals surface area contributed by atoms with Crippen molar-refractivity contribution in [3.63, 3.8) is 0 Å². The third-order valence-corrected chi connectivity index (χ3v) is 2.14. The molecule has 1 aromatic rings. The van der Waals surface area contributed by atoms with Crippen LogP contribution in [0.2, 0.25) is 0 Å². The number of rotatable bonds is 5. The minimum absolute atomic E-state index is 0.457. The fraction of sp³-hybridized carbons (Fsp3) is 0.600. The molecule has 1 heterocycles. The lowest BCUT2D eigenvalue weighted by Gasteiger charge is -2.15. The number of alkyl halides is 3. The van der Waals surface area contributed by atoms with E-state index >= 15 is 0 Å². The summed E-state index contributed by atoms with van der Waals surface area (Å²) < 4.78 is 37.8. The highest BCUT2D eigenvalue weighted by atomic mass is 19.4. The molecular weight excluding hydrogens is 233 g/mol. The summed E-state index contributed by atoms with van der Waals surface area (Å²) in [7, 11) is 0. The first kappa shape index (κ1) is 13.5. The number of nitrogens with one attached hydrogen (secondary N) is 1. The van der Waals surface area contributed by atoms with Crippen molar-refractivity contribution in [1.29, 1.82) is 5.26 Å². The Morgan fingerprint density at radius 1 is 1.59 bits per heavy atom. The van der Waals surface area contributed by atoms with E-state index in [4.69, 9.17) is 5.26 Å². The van der Waals surface area contributed by atoms with Crippen LogP contribution in [0.5, 0.6) is 0 Å². The highest BCUT2D eigenvalue weighted by Crippen LogP contribution is 2.17. The molecule has 0 saturated carbocycles. The number of aromatic nitrogens is 2. The van der Waals surface area contributed by atoms with Gasteiger partial charge in [0.2, 0.25) is 0 Å². The molecule has 17 heavy (non-hydrogen) atoms. The van der Waals surface area contributed by atoms with E-state index in [1.807, 2.05) is 6.92 Å². The fourth-order valence-corrected chi connectivity index (χ4v) is 1.43. The molecule has 0 amide bonds. The van der Waals surface area contributed by atoms with Crippen molar-refractivity contribution in [3.8, 4) is 6.07 Å². The second kappa shape index (κ2) is 5.68. The largest absolute Gasteiger partial charge is 0.401 e. The molecule has 1 unspecified atom stereocenters. The molecule has 0 aromatic carbocycles. The summed E-state index contributed by atoms with van der Waals surface area (Å²) in [5.41, 5.74) is 0.457. The number of nitriles is 1. The molecule has 1 atom stereocenters. The maximum atomic E-state index is 12.0. The lowest BCUT2D eigenvalue weighted by molar-refractivity contribution is -0.125. The van der Waals surface area contributed by atoms with Crippen LogP contribution in [-0.4, -0.2) is 22.3 Å². The van der Waals surface area contributed by atoms with Gasteiger partial charge in [-0.1, -0.05) is 6.92 Å². The predicted octanol–water partition coefficient (Wildman–Crippen LogP) is 2.01. The van der Waals surface area contributed by atoms with E-state index in [0.717, 1.165) is 6.42 Å². The van der Waals surface area contributed by atoms with E-state index in [-0.39, 0.29) is 0 Å². The van der Waals surface area contributed by atoms with Crippen molar-refractivity contribution in [1.82, 2.24) is 14.9 Å².